The second kappa shape index (κ2) is 4.85. The molecular weight excluding hydrogens is 230 g/mol. The predicted molar refractivity (Wildman–Crippen MR) is 59.6 cm³/mol. The summed E-state index contributed by atoms with van der Waals surface area (Å²) in [4.78, 5) is 7.96. The van der Waals surface area contributed by atoms with E-state index in [1.165, 1.54) is 13.3 Å². The van der Waals surface area contributed by atoms with Crippen LogP contribution in [-0.4, -0.2) is 17.1 Å². The molecule has 0 aliphatic heterocycles. The number of nitrogens with one attached hydrogen (secondary N) is 1. The number of methoxy groups -OCH3 is 1. The third-order valence-electron chi connectivity index (χ3n) is 1.94. The van der Waals surface area contributed by atoms with Crippen molar-refractivity contribution in [2.75, 3.05) is 12.4 Å². The maximum absolute atomic E-state index is 5.93. The Balaban J connectivity index is 2.08. The zero-order valence-electron chi connectivity index (χ0n) is 8.61. The molecular formula is C10H10ClN3O2. The van der Waals surface area contributed by atoms with Crippen LogP contribution in [0.4, 0.5) is 5.82 Å². The topological polar surface area (TPSA) is 60.2 Å². The highest BCUT2D eigenvalue weighted by atomic mass is 35.5. The molecule has 6 heteroatoms. The summed E-state index contributed by atoms with van der Waals surface area (Å²) in [6.07, 6.45) is 4.75. The first-order chi connectivity index (χ1) is 7.79. The molecule has 2 aromatic rings. The van der Waals surface area contributed by atoms with E-state index in [2.05, 4.69) is 15.3 Å². The second-order valence-corrected chi connectivity index (χ2v) is 3.45. The normalized spacial score (nSPS) is 10.1. The first kappa shape index (κ1) is 10.8. The molecule has 0 fully saturated rings. The molecule has 0 aromatic carbocycles. The average molecular weight is 240 g/mol. The van der Waals surface area contributed by atoms with E-state index in [0.717, 1.165) is 5.56 Å². The van der Waals surface area contributed by atoms with Crippen LogP contribution in [0.25, 0.3) is 0 Å². The number of ether oxygens (including phenoxy) is 1. The lowest BCUT2D eigenvalue weighted by Crippen LogP contribution is -2.03. The van der Waals surface area contributed by atoms with Crippen molar-refractivity contribution in [3.05, 3.63) is 35.4 Å². The Morgan fingerprint density at radius 2 is 2.44 bits per heavy atom. The minimum Gasteiger partial charge on any atom is -0.472 e. The fourth-order valence-corrected chi connectivity index (χ4v) is 1.31. The van der Waals surface area contributed by atoms with E-state index in [4.69, 9.17) is 20.8 Å². The number of hydrogen-bond donors (Lipinski definition) is 1. The Morgan fingerprint density at radius 1 is 1.56 bits per heavy atom. The molecule has 84 valence electrons. The Kier molecular flexibility index (Phi) is 3.26. The van der Waals surface area contributed by atoms with E-state index < -0.39 is 0 Å². The van der Waals surface area contributed by atoms with Crippen molar-refractivity contribution in [2.24, 2.45) is 0 Å². The quantitative estimate of drug-likeness (QED) is 0.888. The van der Waals surface area contributed by atoms with Crippen molar-refractivity contribution in [1.29, 1.82) is 0 Å². The van der Waals surface area contributed by atoms with Crippen LogP contribution in [0.2, 0.25) is 5.02 Å². The standard InChI is InChI=1S/C10H10ClN3O2/c1-15-10-13-5-8(11)9(14-10)12-4-7-2-3-16-6-7/h2-3,5-6H,4H2,1H3,(H,12,13,14). The van der Waals surface area contributed by atoms with Gasteiger partial charge in [-0.25, -0.2) is 4.98 Å². The van der Waals surface area contributed by atoms with Gasteiger partial charge in [0.25, 0.3) is 0 Å². The number of anilines is 1. The van der Waals surface area contributed by atoms with Gasteiger partial charge in [0.1, 0.15) is 5.02 Å². The fraction of sp³-hybridized carbons (Fsp3) is 0.200. The number of nitrogens with zero attached hydrogens (tertiary/aromatic N) is 2. The maximum Gasteiger partial charge on any atom is 0.318 e. The number of furan rings is 1. The fourth-order valence-electron chi connectivity index (χ4n) is 1.15. The second-order valence-electron chi connectivity index (χ2n) is 3.04. The highest BCUT2D eigenvalue weighted by molar-refractivity contribution is 6.32. The predicted octanol–water partition coefficient (Wildman–Crippen LogP) is 2.34. The van der Waals surface area contributed by atoms with Crippen LogP contribution in [0.5, 0.6) is 6.01 Å². The van der Waals surface area contributed by atoms with Gasteiger partial charge in [0.15, 0.2) is 5.82 Å². The molecule has 0 spiro atoms. The Labute approximate surface area is 97.4 Å². The molecule has 0 saturated carbocycles. The lowest BCUT2D eigenvalue weighted by atomic mass is 10.3. The van der Waals surface area contributed by atoms with E-state index in [-0.39, 0.29) is 6.01 Å². The van der Waals surface area contributed by atoms with Gasteiger partial charge in [-0.15, -0.1) is 0 Å². The first-order valence-corrected chi connectivity index (χ1v) is 4.99. The van der Waals surface area contributed by atoms with Crippen LogP contribution < -0.4 is 10.1 Å². The zero-order chi connectivity index (χ0) is 11.4. The maximum atomic E-state index is 5.93. The smallest absolute Gasteiger partial charge is 0.318 e. The van der Waals surface area contributed by atoms with Gasteiger partial charge in [-0.2, -0.15) is 4.98 Å². The minimum absolute atomic E-state index is 0.277. The summed E-state index contributed by atoms with van der Waals surface area (Å²) in [7, 11) is 1.50. The Morgan fingerprint density at radius 3 is 3.12 bits per heavy atom. The number of hydrogen-bond acceptors (Lipinski definition) is 5. The summed E-state index contributed by atoms with van der Waals surface area (Å²) in [6.45, 7) is 0.580. The van der Waals surface area contributed by atoms with Gasteiger partial charge in [0.2, 0.25) is 0 Å². The summed E-state index contributed by atoms with van der Waals surface area (Å²) in [6, 6.07) is 2.14. The lowest BCUT2D eigenvalue weighted by molar-refractivity contribution is 0.380. The first-order valence-electron chi connectivity index (χ1n) is 4.61. The molecule has 0 unspecified atom stereocenters. The van der Waals surface area contributed by atoms with Crippen molar-refractivity contribution < 1.29 is 9.15 Å². The van der Waals surface area contributed by atoms with E-state index in [9.17, 15) is 0 Å². The van der Waals surface area contributed by atoms with Gasteiger partial charge in [-0.1, -0.05) is 11.6 Å². The van der Waals surface area contributed by atoms with Crippen molar-refractivity contribution in [1.82, 2.24) is 9.97 Å². The Hall–Kier alpha value is -1.75. The summed E-state index contributed by atoms with van der Waals surface area (Å²) < 4.78 is 9.86. The van der Waals surface area contributed by atoms with Gasteiger partial charge in [0.05, 0.1) is 25.8 Å². The van der Waals surface area contributed by atoms with Crippen LogP contribution >= 0.6 is 11.6 Å². The molecule has 0 radical (unpaired) electrons. The van der Waals surface area contributed by atoms with Crippen LogP contribution in [0, 0.1) is 0 Å². The largest absolute Gasteiger partial charge is 0.472 e. The summed E-state index contributed by atoms with van der Waals surface area (Å²) in [5.41, 5.74) is 1.01. The molecule has 0 saturated heterocycles. The van der Waals surface area contributed by atoms with Crippen LogP contribution in [0.3, 0.4) is 0 Å². The van der Waals surface area contributed by atoms with E-state index >= 15 is 0 Å². The van der Waals surface area contributed by atoms with Crippen LogP contribution in [0.1, 0.15) is 5.56 Å². The van der Waals surface area contributed by atoms with Gasteiger partial charge in [-0.05, 0) is 6.07 Å². The van der Waals surface area contributed by atoms with Crippen LogP contribution in [-0.2, 0) is 6.54 Å². The third kappa shape index (κ3) is 2.43. The molecule has 16 heavy (non-hydrogen) atoms. The SMILES string of the molecule is COc1ncc(Cl)c(NCc2ccoc2)n1. The molecule has 0 bridgehead atoms. The molecule has 0 atom stereocenters. The van der Waals surface area contributed by atoms with Crippen LogP contribution in [0.15, 0.2) is 29.2 Å². The Bertz CT molecular complexity index is 459. The van der Waals surface area contributed by atoms with Gasteiger partial charge in [-0.3, -0.25) is 0 Å². The summed E-state index contributed by atoms with van der Waals surface area (Å²) >= 11 is 5.93. The van der Waals surface area contributed by atoms with Gasteiger partial charge < -0.3 is 14.5 Å². The highest BCUT2D eigenvalue weighted by Crippen LogP contribution is 2.20. The number of aromatic nitrogens is 2. The zero-order valence-corrected chi connectivity index (χ0v) is 9.36. The molecule has 0 aliphatic rings. The van der Waals surface area contributed by atoms with E-state index in [1.54, 1.807) is 12.5 Å². The number of rotatable bonds is 4. The van der Waals surface area contributed by atoms with Crippen molar-refractivity contribution >= 4 is 17.4 Å². The monoisotopic (exact) mass is 239 g/mol. The molecule has 2 heterocycles. The lowest BCUT2D eigenvalue weighted by Gasteiger charge is -2.06. The van der Waals surface area contributed by atoms with E-state index in [0.29, 0.717) is 17.4 Å². The van der Waals surface area contributed by atoms with Crippen molar-refractivity contribution in [3.63, 3.8) is 0 Å². The van der Waals surface area contributed by atoms with Crippen molar-refractivity contribution in [2.45, 2.75) is 6.54 Å². The average Bonchev–Trinajstić information content (AvgIpc) is 2.81. The van der Waals surface area contributed by atoms with E-state index in [1.807, 2.05) is 6.07 Å². The minimum atomic E-state index is 0.277. The molecule has 2 rings (SSSR count). The highest BCUT2D eigenvalue weighted by Gasteiger charge is 2.05. The molecule has 1 N–H and O–H groups in total. The third-order valence-corrected chi connectivity index (χ3v) is 2.22. The van der Waals surface area contributed by atoms with Gasteiger partial charge >= 0.3 is 6.01 Å². The molecule has 5 nitrogen and oxygen atoms in total. The van der Waals surface area contributed by atoms with Crippen molar-refractivity contribution in [3.8, 4) is 6.01 Å². The number of halogens is 1. The molecule has 0 aliphatic carbocycles. The summed E-state index contributed by atoms with van der Waals surface area (Å²) in [5, 5.41) is 3.52. The van der Waals surface area contributed by atoms with Gasteiger partial charge in [0, 0.05) is 12.1 Å². The molecule has 2 aromatic heterocycles. The molecule has 0 amide bonds. The summed E-state index contributed by atoms with van der Waals surface area (Å²) in [5.74, 6) is 0.537.